The molecular formula is C37H41N3O4. The number of allylic oxidation sites excluding steroid dienone is 3. The predicted molar refractivity (Wildman–Crippen MR) is 176 cm³/mol. The number of ether oxygens (including phenoxy) is 2. The molecule has 0 bridgehead atoms. The highest BCUT2D eigenvalue weighted by molar-refractivity contribution is 5.95. The quantitative estimate of drug-likeness (QED) is 0.108. The molecule has 2 aromatic heterocycles. The molecule has 1 aliphatic heterocycles. The zero-order valence-corrected chi connectivity index (χ0v) is 25.9. The minimum atomic E-state index is -0.501. The van der Waals surface area contributed by atoms with Crippen molar-refractivity contribution in [2.45, 2.75) is 39.0 Å². The average molecular weight is 592 g/mol. The Balaban J connectivity index is 1.38. The SMILES string of the molecule is CCCC=C(C=C(CN1CCC(Cc2c(C(=O)OC)n(-c3ccccc3)c3ccccc3c2=O)CC1)OC)c1ccccn1. The monoisotopic (exact) mass is 591 g/mol. The number of rotatable bonds is 11. The fourth-order valence-electron chi connectivity index (χ4n) is 6.00. The van der Waals surface area contributed by atoms with Crippen LogP contribution in [0.1, 0.15) is 54.4 Å². The Hall–Kier alpha value is -4.49. The Morgan fingerprint density at radius 2 is 1.68 bits per heavy atom. The number of carbonyl (C=O) groups is 1. The first-order valence-electron chi connectivity index (χ1n) is 15.4. The molecule has 0 spiro atoms. The fraction of sp³-hybridized carbons (Fsp3) is 0.324. The van der Waals surface area contributed by atoms with E-state index in [1.165, 1.54) is 7.11 Å². The van der Waals surface area contributed by atoms with Crippen LogP contribution >= 0.6 is 0 Å². The summed E-state index contributed by atoms with van der Waals surface area (Å²) in [6.45, 7) is 4.61. The maximum Gasteiger partial charge on any atom is 0.355 e. The van der Waals surface area contributed by atoms with Gasteiger partial charge in [-0.05, 0) is 92.7 Å². The minimum Gasteiger partial charge on any atom is -0.500 e. The van der Waals surface area contributed by atoms with Gasteiger partial charge in [0.15, 0.2) is 5.43 Å². The van der Waals surface area contributed by atoms with Crippen molar-refractivity contribution < 1.29 is 14.3 Å². The molecule has 44 heavy (non-hydrogen) atoms. The molecule has 0 unspecified atom stereocenters. The minimum absolute atomic E-state index is 0.0962. The van der Waals surface area contributed by atoms with E-state index in [0.29, 0.717) is 35.1 Å². The van der Waals surface area contributed by atoms with Crippen LogP contribution in [0.2, 0.25) is 0 Å². The lowest BCUT2D eigenvalue weighted by Gasteiger charge is -2.32. The van der Waals surface area contributed by atoms with Crippen molar-refractivity contribution in [3.63, 3.8) is 0 Å². The van der Waals surface area contributed by atoms with Gasteiger partial charge in [0.05, 0.1) is 32.0 Å². The molecule has 228 valence electrons. The van der Waals surface area contributed by atoms with Gasteiger partial charge >= 0.3 is 5.97 Å². The number of likely N-dealkylation sites (tertiary alicyclic amines) is 1. The van der Waals surface area contributed by atoms with Gasteiger partial charge in [0.2, 0.25) is 0 Å². The summed E-state index contributed by atoms with van der Waals surface area (Å²) in [6.07, 6.45) is 10.5. The van der Waals surface area contributed by atoms with Crippen LogP contribution in [0.25, 0.3) is 22.2 Å². The second-order valence-corrected chi connectivity index (χ2v) is 11.2. The Labute approximate surface area is 259 Å². The zero-order valence-electron chi connectivity index (χ0n) is 25.9. The first-order valence-corrected chi connectivity index (χ1v) is 15.4. The molecule has 0 saturated carbocycles. The smallest absolute Gasteiger partial charge is 0.355 e. The summed E-state index contributed by atoms with van der Waals surface area (Å²) in [5, 5.41) is 0.603. The molecule has 0 amide bonds. The number of hydrogen-bond acceptors (Lipinski definition) is 6. The summed E-state index contributed by atoms with van der Waals surface area (Å²) in [6, 6.07) is 23.1. The van der Waals surface area contributed by atoms with Gasteiger partial charge in [0.25, 0.3) is 0 Å². The highest BCUT2D eigenvalue weighted by atomic mass is 16.5. The second-order valence-electron chi connectivity index (χ2n) is 11.2. The molecule has 0 N–H and O–H groups in total. The first kappa shape index (κ1) is 31.0. The summed E-state index contributed by atoms with van der Waals surface area (Å²) < 4.78 is 13.0. The molecular weight excluding hydrogens is 550 g/mol. The van der Waals surface area contributed by atoms with E-state index >= 15 is 0 Å². The lowest BCUT2D eigenvalue weighted by atomic mass is 9.88. The standard InChI is InChI=1S/C37H41N3O4/c1-4-5-13-28(33-17-11-12-21-38-33)25-30(43-2)26-39-22-19-27(20-23-39)24-32-35(37(42)44-3)40(29-14-7-6-8-15-29)34-18-10-9-16-31(34)36(32)41/h6-18,21,25,27H,4-5,19-20,22-24,26H2,1-3H3. The number of unbranched alkanes of at least 4 members (excludes halogenated alkanes) is 1. The number of fused-ring (bicyclic) bond motifs is 1. The molecule has 0 atom stereocenters. The maximum atomic E-state index is 13.9. The zero-order chi connectivity index (χ0) is 30.9. The van der Waals surface area contributed by atoms with Gasteiger partial charge in [-0.1, -0.05) is 55.8 Å². The number of hydrogen-bond donors (Lipinski definition) is 0. The van der Waals surface area contributed by atoms with Crippen molar-refractivity contribution in [1.82, 2.24) is 14.5 Å². The van der Waals surface area contributed by atoms with Crippen molar-refractivity contribution in [2.24, 2.45) is 5.92 Å². The van der Waals surface area contributed by atoms with Crippen molar-refractivity contribution >= 4 is 22.4 Å². The van der Waals surface area contributed by atoms with Gasteiger partial charge in [0, 0.05) is 22.8 Å². The van der Waals surface area contributed by atoms with E-state index in [0.717, 1.165) is 61.5 Å². The van der Waals surface area contributed by atoms with E-state index in [-0.39, 0.29) is 11.3 Å². The fourth-order valence-corrected chi connectivity index (χ4v) is 6.00. The van der Waals surface area contributed by atoms with E-state index in [9.17, 15) is 9.59 Å². The van der Waals surface area contributed by atoms with E-state index in [2.05, 4.69) is 29.0 Å². The molecule has 5 rings (SSSR count). The Morgan fingerprint density at radius 3 is 2.36 bits per heavy atom. The number of piperidine rings is 1. The third kappa shape index (κ3) is 7.00. The van der Waals surface area contributed by atoms with Gasteiger partial charge in [-0.3, -0.25) is 14.7 Å². The van der Waals surface area contributed by atoms with Crippen LogP contribution in [0.3, 0.4) is 0 Å². The van der Waals surface area contributed by atoms with Gasteiger partial charge in [0.1, 0.15) is 11.5 Å². The van der Waals surface area contributed by atoms with Gasteiger partial charge < -0.3 is 14.0 Å². The van der Waals surface area contributed by atoms with Gasteiger partial charge in [-0.25, -0.2) is 4.79 Å². The first-order chi connectivity index (χ1) is 21.5. The van der Waals surface area contributed by atoms with E-state index in [1.807, 2.05) is 83.6 Å². The molecule has 7 heteroatoms. The number of para-hydroxylation sites is 2. The number of aromatic nitrogens is 2. The largest absolute Gasteiger partial charge is 0.500 e. The molecule has 1 aliphatic rings. The topological polar surface area (TPSA) is 73.7 Å². The van der Waals surface area contributed by atoms with E-state index in [1.54, 1.807) is 7.11 Å². The van der Waals surface area contributed by atoms with Crippen LogP contribution in [-0.4, -0.2) is 54.3 Å². The van der Waals surface area contributed by atoms with Crippen molar-refractivity contribution in [2.75, 3.05) is 33.9 Å². The van der Waals surface area contributed by atoms with Crippen LogP contribution in [-0.2, 0) is 15.9 Å². The average Bonchev–Trinajstić information content (AvgIpc) is 3.08. The molecule has 2 aromatic carbocycles. The molecule has 4 aromatic rings. The summed E-state index contributed by atoms with van der Waals surface area (Å²) in [5.74, 6) is 0.653. The number of benzene rings is 2. The van der Waals surface area contributed by atoms with Crippen LogP contribution in [0, 0.1) is 5.92 Å². The van der Waals surface area contributed by atoms with E-state index in [4.69, 9.17) is 9.47 Å². The number of esters is 1. The third-order valence-corrected chi connectivity index (χ3v) is 8.34. The third-order valence-electron chi connectivity index (χ3n) is 8.34. The number of pyridine rings is 2. The Morgan fingerprint density at radius 1 is 0.955 bits per heavy atom. The molecule has 1 fully saturated rings. The molecule has 1 saturated heterocycles. The van der Waals surface area contributed by atoms with Crippen LogP contribution in [0.5, 0.6) is 0 Å². The second kappa shape index (κ2) is 14.8. The number of nitrogens with zero attached hydrogens (tertiary/aromatic N) is 3. The highest BCUT2D eigenvalue weighted by Crippen LogP contribution is 2.28. The summed E-state index contributed by atoms with van der Waals surface area (Å²) in [5.41, 5.74) is 4.26. The number of carbonyl (C=O) groups excluding carboxylic acids is 1. The lowest BCUT2D eigenvalue weighted by Crippen LogP contribution is -2.37. The van der Waals surface area contributed by atoms with E-state index < -0.39 is 5.97 Å². The maximum absolute atomic E-state index is 13.9. The highest BCUT2D eigenvalue weighted by Gasteiger charge is 2.28. The molecule has 3 heterocycles. The van der Waals surface area contributed by atoms with Gasteiger partial charge in [-0.15, -0.1) is 0 Å². The summed E-state index contributed by atoms with van der Waals surface area (Å²) in [7, 11) is 3.09. The normalized spacial score (nSPS) is 15.0. The van der Waals surface area contributed by atoms with Gasteiger partial charge in [-0.2, -0.15) is 0 Å². The van der Waals surface area contributed by atoms with Crippen molar-refractivity contribution in [1.29, 1.82) is 0 Å². The van der Waals surface area contributed by atoms with Crippen LogP contribution < -0.4 is 5.43 Å². The lowest BCUT2D eigenvalue weighted by molar-refractivity contribution is 0.0589. The molecule has 7 nitrogen and oxygen atoms in total. The molecule has 0 aliphatic carbocycles. The number of methoxy groups -OCH3 is 2. The molecule has 0 radical (unpaired) electrons. The summed E-state index contributed by atoms with van der Waals surface area (Å²) in [4.78, 5) is 34.2. The van der Waals surface area contributed by atoms with Crippen LogP contribution in [0.4, 0.5) is 0 Å². The van der Waals surface area contributed by atoms with Crippen molar-refractivity contribution in [3.05, 3.63) is 124 Å². The Bertz CT molecular complexity index is 1680. The van der Waals surface area contributed by atoms with Crippen molar-refractivity contribution in [3.8, 4) is 5.69 Å². The summed E-state index contributed by atoms with van der Waals surface area (Å²) >= 11 is 0. The van der Waals surface area contributed by atoms with Crippen LogP contribution in [0.15, 0.2) is 102 Å². The predicted octanol–water partition coefficient (Wildman–Crippen LogP) is 6.84. The Kier molecular flexibility index (Phi) is 10.4.